The normalized spacial score (nSPS) is 10.2. The molecule has 1 aromatic heterocycles. The van der Waals surface area contributed by atoms with Gasteiger partial charge in [0.2, 0.25) is 5.91 Å². The summed E-state index contributed by atoms with van der Waals surface area (Å²) in [6, 6.07) is 11.6. The van der Waals surface area contributed by atoms with Crippen molar-refractivity contribution in [3.8, 4) is 0 Å². The van der Waals surface area contributed by atoms with E-state index in [-0.39, 0.29) is 5.91 Å². The summed E-state index contributed by atoms with van der Waals surface area (Å²) in [5, 5.41) is 6.02. The molecule has 0 unspecified atom stereocenters. The van der Waals surface area contributed by atoms with Crippen LogP contribution < -0.4 is 10.6 Å². The number of carbonyl (C=O) groups is 1. The lowest BCUT2D eigenvalue weighted by Gasteiger charge is -2.07. The van der Waals surface area contributed by atoms with Crippen LogP contribution in [0.2, 0.25) is 0 Å². The van der Waals surface area contributed by atoms with Gasteiger partial charge in [-0.25, -0.2) is 0 Å². The monoisotopic (exact) mass is 258 g/mol. The summed E-state index contributed by atoms with van der Waals surface area (Å²) in [6.45, 7) is 4.19. The van der Waals surface area contributed by atoms with Crippen LogP contribution in [0.25, 0.3) is 0 Å². The Morgan fingerprint density at radius 2 is 1.89 bits per heavy atom. The third-order valence-electron chi connectivity index (χ3n) is 2.72. The SMILES string of the molecule is CCc1ccc(CNc2cccc(NC(C)=O)c2)o1. The highest BCUT2D eigenvalue weighted by molar-refractivity contribution is 5.89. The maximum Gasteiger partial charge on any atom is 0.221 e. The van der Waals surface area contributed by atoms with Crippen LogP contribution in [-0.2, 0) is 17.8 Å². The summed E-state index contributed by atoms with van der Waals surface area (Å²) >= 11 is 0. The van der Waals surface area contributed by atoms with Gasteiger partial charge in [-0.1, -0.05) is 13.0 Å². The average Bonchev–Trinajstić information content (AvgIpc) is 2.84. The van der Waals surface area contributed by atoms with E-state index in [1.54, 1.807) is 0 Å². The molecule has 0 aliphatic carbocycles. The first kappa shape index (κ1) is 13.2. The highest BCUT2D eigenvalue weighted by atomic mass is 16.3. The molecular formula is C15H18N2O2. The largest absolute Gasteiger partial charge is 0.464 e. The van der Waals surface area contributed by atoms with E-state index in [1.165, 1.54) is 6.92 Å². The minimum Gasteiger partial charge on any atom is -0.464 e. The molecule has 100 valence electrons. The highest BCUT2D eigenvalue weighted by Crippen LogP contribution is 2.17. The topological polar surface area (TPSA) is 54.3 Å². The smallest absolute Gasteiger partial charge is 0.221 e. The second kappa shape index (κ2) is 6.09. The van der Waals surface area contributed by atoms with Gasteiger partial charge in [0.1, 0.15) is 11.5 Å². The maximum atomic E-state index is 11.0. The van der Waals surface area contributed by atoms with Gasteiger partial charge in [0.05, 0.1) is 6.54 Å². The lowest BCUT2D eigenvalue weighted by Crippen LogP contribution is -2.06. The molecule has 0 aliphatic rings. The molecule has 0 saturated heterocycles. The molecule has 0 fully saturated rings. The Morgan fingerprint density at radius 1 is 1.16 bits per heavy atom. The van der Waals surface area contributed by atoms with Crippen molar-refractivity contribution in [2.45, 2.75) is 26.8 Å². The molecular weight excluding hydrogens is 240 g/mol. The van der Waals surface area contributed by atoms with Crippen LogP contribution in [0, 0.1) is 0 Å². The molecule has 0 bridgehead atoms. The number of rotatable bonds is 5. The molecule has 0 atom stereocenters. The van der Waals surface area contributed by atoms with Crippen LogP contribution in [-0.4, -0.2) is 5.91 Å². The fraction of sp³-hybridized carbons (Fsp3) is 0.267. The minimum atomic E-state index is -0.0734. The third-order valence-corrected chi connectivity index (χ3v) is 2.72. The standard InChI is InChI=1S/C15H18N2O2/c1-3-14-7-8-15(19-14)10-16-12-5-4-6-13(9-12)17-11(2)18/h4-9,16H,3,10H2,1-2H3,(H,17,18). The lowest BCUT2D eigenvalue weighted by atomic mass is 10.2. The van der Waals surface area contributed by atoms with Crippen LogP contribution in [0.3, 0.4) is 0 Å². The molecule has 0 aliphatic heterocycles. The molecule has 1 aromatic carbocycles. The van der Waals surface area contributed by atoms with Gasteiger partial charge < -0.3 is 15.1 Å². The number of hydrogen-bond acceptors (Lipinski definition) is 3. The molecule has 1 heterocycles. The minimum absolute atomic E-state index is 0.0734. The van der Waals surface area contributed by atoms with Gasteiger partial charge in [0, 0.05) is 24.7 Å². The first-order valence-electron chi connectivity index (χ1n) is 6.36. The van der Waals surface area contributed by atoms with Gasteiger partial charge in [-0.05, 0) is 30.3 Å². The Balaban J connectivity index is 1.97. The quantitative estimate of drug-likeness (QED) is 0.864. The summed E-state index contributed by atoms with van der Waals surface area (Å²) in [6.07, 6.45) is 0.901. The fourth-order valence-electron chi connectivity index (χ4n) is 1.81. The Kier molecular flexibility index (Phi) is 4.23. The summed E-state index contributed by atoms with van der Waals surface area (Å²) in [5.41, 5.74) is 1.73. The van der Waals surface area contributed by atoms with Crippen molar-refractivity contribution in [3.63, 3.8) is 0 Å². The predicted molar refractivity (Wildman–Crippen MR) is 76.2 cm³/mol. The van der Waals surface area contributed by atoms with Gasteiger partial charge in [0.15, 0.2) is 0 Å². The zero-order chi connectivity index (χ0) is 13.7. The number of anilines is 2. The highest BCUT2D eigenvalue weighted by Gasteiger charge is 2.01. The van der Waals surface area contributed by atoms with Crippen molar-refractivity contribution in [2.24, 2.45) is 0 Å². The van der Waals surface area contributed by atoms with Crippen LogP contribution in [0.4, 0.5) is 11.4 Å². The first-order chi connectivity index (χ1) is 9.17. The zero-order valence-corrected chi connectivity index (χ0v) is 11.2. The Hall–Kier alpha value is -2.23. The molecule has 2 rings (SSSR count). The second-order valence-electron chi connectivity index (χ2n) is 4.34. The number of aryl methyl sites for hydroxylation is 1. The Bertz CT molecular complexity index is 561. The van der Waals surface area contributed by atoms with Gasteiger partial charge in [-0.2, -0.15) is 0 Å². The van der Waals surface area contributed by atoms with Crippen LogP contribution in [0.15, 0.2) is 40.8 Å². The van der Waals surface area contributed by atoms with Crippen LogP contribution in [0.1, 0.15) is 25.4 Å². The van der Waals surface area contributed by atoms with E-state index in [1.807, 2.05) is 36.4 Å². The van der Waals surface area contributed by atoms with Gasteiger partial charge in [-0.15, -0.1) is 0 Å². The number of hydrogen-bond donors (Lipinski definition) is 2. The molecule has 2 aromatic rings. The van der Waals surface area contributed by atoms with Gasteiger partial charge >= 0.3 is 0 Å². The van der Waals surface area contributed by atoms with Crippen molar-refractivity contribution >= 4 is 17.3 Å². The van der Waals surface area contributed by atoms with E-state index in [2.05, 4.69) is 17.6 Å². The van der Waals surface area contributed by atoms with Gasteiger partial charge in [-0.3, -0.25) is 4.79 Å². The van der Waals surface area contributed by atoms with Crippen LogP contribution >= 0.6 is 0 Å². The molecule has 19 heavy (non-hydrogen) atoms. The van der Waals surface area contributed by atoms with Crippen molar-refractivity contribution in [2.75, 3.05) is 10.6 Å². The molecule has 1 amide bonds. The number of carbonyl (C=O) groups excluding carboxylic acids is 1. The number of nitrogens with one attached hydrogen (secondary N) is 2. The number of furan rings is 1. The molecule has 4 heteroatoms. The number of amides is 1. The first-order valence-corrected chi connectivity index (χ1v) is 6.36. The third kappa shape index (κ3) is 3.88. The van der Waals surface area contributed by atoms with Crippen molar-refractivity contribution in [1.82, 2.24) is 0 Å². The van der Waals surface area contributed by atoms with E-state index in [4.69, 9.17) is 4.42 Å². The van der Waals surface area contributed by atoms with E-state index in [0.717, 1.165) is 29.3 Å². The van der Waals surface area contributed by atoms with Crippen molar-refractivity contribution in [1.29, 1.82) is 0 Å². The zero-order valence-electron chi connectivity index (χ0n) is 11.2. The van der Waals surface area contributed by atoms with Crippen molar-refractivity contribution in [3.05, 3.63) is 47.9 Å². The lowest BCUT2D eigenvalue weighted by molar-refractivity contribution is -0.114. The Morgan fingerprint density at radius 3 is 2.58 bits per heavy atom. The summed E-state index contributed by atoms with van der Waals surface area (Å²) in [7, 11) is 0. The molecule has 0 radical (unpaired) electrons. The molecule has 4 nitrogen and oxygen atoms in total. The summed E-state index contributed by atoms with van der Waals surface area (Å²) in [5.74, 6) is 1.82. The van der Waals surface area contributed by atoms with Crippen molar-refractivity contribution < 1.29 is 9.21 Å². The summed E-state index contributed by atoms with van der Waals surface area (Å²) < 4.78 is 5.62. The fourth-order valence-corrected chi connectivity index (χ4v) is 1.81. The average molecular weight is 258 g/mol. The van der Waals surface area contributed by atoms with E-state index in [0.29, 0.717) is 6.54 Å². The molecule has 0 spiro atoms. The maximum absolute atomic E-state index is 11.0. The molecule has 0 saturated carbocycles. The Labute approximate surface area is 112 Å². The van der Waals surface area contributed by atoms with Gasteiger partial charge in [0.25, 0.3) is 0 Å². The van der Waals surface area contributed by atoms with E-state index < -0.39 is 0 Å². The van der Waals surface area contributed by atoms with E-state index in [9.17, 15) is 4.79 Å². The summed E-state index contributed by atoms with van der Waals surface area (Å²) in [4.78, 5) is 11.0. The molecule has 2 N–H and O–H groups in total. The van der Waals surface area contributed by atoms with Crippen LogP contribution in [0.5, 0.6) is 0 Å². The second-order valence-corrected chi connectivity index (χ2v) is 4.34. The van der Waals surface area contributed by atoms with E-state index >= 15 is 0 Å². The predicted octanol–water partition coefficient (Wildman–Crippen LogP) is 3.41. The number of benzene rings is 1.